The first kappa shape index (κ1) is 25.8. The second-order valence-electron chi connectivity index (χ2n) is 12.1. The molecule has 4 aliphatic carbocycles. The molecule has 0 amide bonds. The van der Waals surface area contributed by atoms with Crippen molar-refractivity contribution in [2.24, 2.45) is 28.6 Å². The van der Waals surface area contributed by atoms with Crippen LogP contribution >= 0.6 is 0 Å². The third-order valence-electron chi connectivity index (χ3n) is 9.12. The van der Waals surface area contributed by atoms with E-state index < -0.39 is 75.6 Å². The minimum absolute atomic E-state index is 0.00745. The van der Waals surface area contributed by atoms with E-state index in [0.717, 1.165) is 6.08 Å². The van der Waals surface area contributed by atoms with E-state index in [9.17, 15) is 24.6 Å². The lowest BCUT2D eigenvalue weighted by molar-refractivity contribution is -0.232. The summed E-state index contributed by atoms with van der Waals surface area (Å²) in [6, 6.07) is 0. The number of alkyl halides is 2. The summed E-state index contributed by atoms with van der Waals surface area (Å²) >= 11 is 0. The molecule has 0 aromatic heterocycles. The lowest BCUT2D eigenvalue weighted by Gasteiger charge is -2.62. The maximum absolute atomic E-state index is 17.2. The Balaban J connectivity index is 1.82. The van der Waals surface area contributed by atoms with Gasteiger partial charge in [0.25, 0.3) is 0 Å². The molecule has 0 radical (unpaired) electrons. The molecule has 9 heteroatoms. The van der Waals surface area contributed by atoms with Crippen LogP contribution in [0.3, 0.4) is 0 Å². The Morgan fingerprint density at radius 1 is 1.17 bits per heavy atom. The molecule has 4 aliphatic rings. The number of halogens is 2. The second-order valence-corrected chi connectivity index (χ2v) is 12.1. The molecule has 0 saturated heterocycles. The van der Waals surface area contributed by atoms with E-state index in [2.05, 4.69) is 0 Å². The van der Waals surface area contributed by atoms with Crippen LogP contribution in [-0.4, -0.2) is 57.3 Å². The molecule has 2 unspecified atom stereocenters. The van der Waals surface area contributed by atoms with Crippen molar-refractivity contribution in [2.75, 3.05) is 0 Å². The van der Waals surface area contributed by atoms with E-state index in [4.69, 9.17) is 9.47 Å². The summed E-state index contributed by atoms with van der Waals surface area (Å²) in [6.45, 7) is 9.50. The molecular weight excluding hydrogens is 462 g/mol. The SMILES string of the molecule is C[C@@H]1C[C@H]2[C@@H]3CC(F)C4=CC(=O)C=C[C@]4(C)[C@@]3(F)[C@@H](O)C[C@]2(C)C1(OC(=O)OC(C)(C)C)C(=O)O. The van der Waals surface area contributed by atoms with Gasteiger partial charge in [0, 0.05) is 22.7 Å². The number of hydrogen-bond donors (Lipinski definition) is 2. The normalized spacial score (nSPS) is 46.7. The third kappa shape index (κ3) is 3.26. The van der Waals surface area contributed by atoms with Gasteiger partial charge >= 0.3 is 12.1 Å². The minimum Gasteiger partial charge on any atom is -0.478 e. The lowest BCUT2D eigenvalue weighted by atomic mass is 9.44. The zero-order chi connectivity index (χ0) is 26.4. The summed E-state index contributed by atoms with van der Waals surface area (Å²) in [5.74, 6) is -4.41. The summed E-state index contributed by atoms with van der Waals surface area (Å²) in [6.07, 6.45) is -1.38. The van der Waals surface area contributed by atoms with Crippen LogP contribution in [0.25, 0.3) is 0 Å². The van der Waals surface area contributed by atoms with Crippen molar-refractivity contribution in [3.05, 3.63) is 23.8 Å². The highest BCUT2D eigenvalue weighted by atomic mass is 19.1. The number of carbonyl (C=O) groups is 3. The van der Waals surface area contributed by atoms with E-state index in [-0.39, 0.29) is 24.8 Å². The molecule has 3 fully saturated rings. The Kier molecular flexibility index (Phi) is 5.60. The van der Waals surface area contributed by atoms with Gasteiger partial charge in [-0.2, -0.15) is 0 Å². The maximum atomic E-state index is 17.2. The van der Waals surface area contributed by atoms with Crippen molar-refractivity contribution in [3.8, 4) is 0 Å². The van der Waals surface area contributed by atoms with Gasteiger partial charge in [0.2, 0.25) is 5.60 Å². The third-order valence-corrected chi connectivity index (χ3v) is 9.12. The minimum atomic E-state index is -2.34. The van der Waals surface area contributed by atoms with Crippen LogP contribution in [0.1, 0.15) is 60.8 Å². The van der Waals surface area contributed by atoms with Crippen LogP contribution in [0.2, 0.25) is 0 Å². The van der Waals surface area contributed by atoms with Gasteiger partial charge in [-0.3, -0.25) is 4.79 Å². The van der Waals surface area contributed by atoms with Gasteiger partial charge in [0.1, 0.15) is 11.8 Å². The monoisotopic (exact) mass is 496 g/mol. The second kappa shape index (κ2) is 7.60. The highest BCUT2D eigenvalue weighted by Crippen LogP contribution is 2.71. The van der Waals surface area contributed by atoms with E-state index in [1.165, 1.54) is 19.1 Å². The number of aliphatic carboxylic acids is 1. The van der Waals surface area contributed by atoms with Gasteiger partial charge in [-0.25, -0.2) is 18.4 Å². The number of hydrogen-bond acceptors (Lipinski definition) is 6. The molecule has 0 aromatic carbocycles. The fraction of sp³-hybridized carbons (Fsp3) is 0.731. The average Bonchev–Trinajstić information content (AvgIpc) is 2.92. The van der Waals surface area contributed by atoms with Crippen molar-refractivity contribution in [1.82, 2.24) is 0 Å². The van der Waals surface area contributed by atoms with Crippen molar-refractivity contribution in [1.29, 1.82) is 0 Å². The van der Waals surface area contributed by atoms with Gasteiger partial charge in [0.05, 0.1) is 6.10 Å². The quantitative estimate of drug-likeness (QED) is 0.548. The number of rotatable bonds is 2. The molecule has 0 aromatic rings. The highest BCUT2D eigenvalue weighted by molar-refractivity contribution is 6.01. The fourth-order valence-electron chi connectivity index (χ4n) is 7.64. The first-order chi connectivity index (χ1) is 15.9. The average molecular weight is 497 g/mol. The number of carboxylic acids is 1. The number of carbonyl (C=O) groups excluding carboxylic acids is 2. The Morgan fingerprint density at radius 3 is 2.37 bits per heavy atom. The van der Waals surface area contributed by atoms with Crippen LogP contribution in [0.15, 0.2) is 23.8 Å². The molecule has 2 N–H and O–H groups in total. The molecule has 7 nitrogen and oxygen atoms in total. The Labute approximate surface area is 203 Å². The van der Waals surface area contributed by atoms with Crippen LogP contribution in [-0.2, 0) is 19.1 Å². The number of carboxylic acid groups (broad SMARTS) is 1. The van der Waals surface area contributed by atoms with Gasteiger partial charge in [-0.05, 0) is 70.6 Å². The van der Waals surface area contributed by atoms with Crippen LogP contribution in [0, 0.1) is 28.6 Å². The van der Waals surface area contributed by atoms with E-state index in [1.54, 1.807) is 34.6 Å². The molecule has 0 spiro atoms. The smallest absolute Gasteiger partial charge is 0.478 e. The summed E-state index contributed by atoms with van der Waals surface area (Å²) in [7, 11) is 0. The molecule has 3 saturated carbocycles. The Hall–Kier alpha value is -2.29. The fourth-order valence-corrected chi connectivity index (χ4v) is 7.64. The van der Waals surface area contributed by atoms with Crippen LogP contribution in [0.5, 0.6) is 0 Å². The highest BCUT2D eigenvalue weighted by Gasteiger charge is 2.78. The standard InChI is InChI=1S/C26H34F2O7/c1-13-9-15-16-11-18(27)17-10-14(29)7-8-23(17,5)25(16,28)19(30)12-24(15,6)26(13,20(31)32)35-21(33)34-22(2,3)4/h7-8,10,13,15-16,18-19,30H,9,11-12H2,1-6H3,(H,31,32)/t13-,15+,16+,18?,19+,23+,24+,25+,26?/m1/s1. The van der Waals surface area contributed by atoms with Gasteiger partial charge in [-0.1, -0.05) is 19.9 Å². The topological polar surface area (TPSA) is 110 Å². The first-order valence-corrected chi connectivity index (χ1v) is 12.1. The first-order valence-electron chi connectivity index (χ1n) is 12.1. The molecule has 4 rings (SSSR count). The number of ketones is 1. The number of aliphatic hydroxyl groups is 1. The number of ether oxygens (including phenoxy) is 2. The van der Waals surface area contributed by atoms with Crippen molar-refractivity contribution < 1.29 is 42.9 Å². The van der Waals surface area contributed by atoms with Crippen molar-refractivity contribution in [3.63, 3.8) is 0 Å². The molecule has 0 aliphatic heterocycles. The van der Waals surface area contributed by atoms with E-state index in [0.29, 0.717) is 0 Å². The number of allylic oxidation sites excluding steroid dienone is 4. The zero-order valence-electron chi connectivity index (χ0n) is 20.9. The Morgan fingerprint density at radius 2 is 1.80 bits per heavy atom. The zero-order valence-corrected chi connectivity index (χ0v) is 20.9. The van der Waals surface area contributed by atoms with Gasteiger partial charge in [-0.15, -0.1) is 0 Å². The van der Waals surface area contributed by atoms with Gasteiger partial charge in [0.15, 0.2) is 11.5 Å². The van der Waals surface area contributed by atoms with E-state index in [1.807, 2.05) is 0 Å². The predicted molar refractivity (Wildman–Crippen MR) is 121 cm³/mol. The molecule has 35 heavy (non-hydrogen) atoms. The van der Waals surface area contributed by atoms with Crippen molar-refractivity contribution in [2.45, 2.75) is 90.0 Å². The number of fused-ring (bicyclic) bond motifs is 5. The summed E-state index contributed by atoms with van der Waals surface area (Å²) in [4.78, 5) is 37.4. The molecule has 194 valence electrons. The largest absolute Gasteiger partial charge is 0.509 e. The molecular formula is C26H34F2O7. The van der Waals surface area contributed by atoms with Crippen LogP contribution < -0.4 is 0 Å². The summed E-state index contributed by atoms with van der Waals surface area (Å²) in [5.41, 5.74) is -8.38. The summed E-state index contributed by atoms with van der Waals surface area (Å²) in [5, 5.41) is 21.8. The van der Waals surface area contributed by atoms with Crippen LogP contribution in [0.4, 0.5) is 13.6 Å². The maximum Gasteiger partial charge on any atom is 0.509 e. The van der Waals surface area contributed by atoms with E-state index >= 15 is 8.78 Å². The number of aliphatic hydroxyl groups excluding tert-OH is 1. The summed E-state index contributed by atoms with van der Waals surface area (Å²) < 4.78 is 43.6. The predicted octanol–water partition coefficient (Wildman–Crippen LogP) is 4.33. The van der Waals surface area contributed by atoms with Crippen molar-refractivity contribution >= 4 is 17.9 Å². The Bertz CT molecular complexity index is 1030. The molecule has 9 atom stereocenters. The van der Waals surface area contributed by atoms with Gasteiger partial charge < -0.3 is 19.7 Å². The molecule has 0 bridgehead atoms. The molecule has 0 heterocycles. The lowest BCUT2D eigenvalue weighted by Crippen LogP contribution is -2.71.